The second-order valence-corrected chi connectivity index (χ2v) is 9.04. The Bertz CT molecular complexity index is 841. The van der Waals surface area contributed by atoms with Crippen LogP contribution in [-0.2, 0) is 23.1 Å². The Labute approximate surface area is 157 Å². The smallest absolute Gasteiger partial charge is 0.242 e. The molecule has 136 valence electrons. The van der Waals surface area contributed by atoms with Crippen LogP contribution in [0.25, 0.3) is 0 Å². The third kappa shape index (κ3) is 5.10. The predicted molar refractivity (Wildman–Crippen MR) is 101 cm³/mol. The van der Waals surface area contributed by atoms with E-state index >= 15 is 0 Å². The molecule has 4 nitrogen and oxygen atoms in total. The summed E-state index contributed by atoms with van der Waals surface area (Å²) in [4.78, 5) is 2.33. The molecule has 2 aromatic rings. The van der Waals surface area contributed by atoms with Crippen molar-refractivity contribution in [2.45, 2.75) is 24.9 Å². The fourth-order valence-corrected chi connectivity index (χ4v) is 3.84. The molecular formula is C18H22BrFN2O2S. The van der Waals surface area contributed by atoms with Crippen molar-refractivity contribution in [2.75, 3.05) is 20.6 Å². The number of nitrogens with zero attached hydrogens (tertiary/aromatic N) is 2. The lowest BCUT2D eigenvalue weighted by Crippen LogP contribution is -2.24. The first kappa shape index (κ1) is 20.0. The van der Waals surface area contributed by atoms with Crippen molar-refractivity contribution < 1.29 is 12.8 Å². The van der Waals surface area contributed by atoms with Gasteiger partial charge in [0.1, 0.15) is 5.82 Å². The molecule has 0 radical (unpaired) electrons. The monoisotopic (exact) mass is 428 g/mol. The van der Waals surface area contributed by atoms with Crippen molar-refractivity contribution in [2.24, 2.45) is 0 Å². The highest BCUT2D eigenvalue weighted by Gasteiger charge is 2.18. The van der Waals surface area contributed by atoms with Crippen molar-refractivity contribution in [3.05, 3.63) is 63.9 Å². The van der Waals surface area contributed by atoms with E-state index in [0.29, 0.717) is 18.7 Å². The first-order chi connectivity index (χ1) is 11.7. The highest BCUT2D eigenvalue weighted by molar-refractivity contribution is 9.10. The Morgan fingerprint density at radius 1 is 1.08 bits per heavy atom. The van der Waals surface area contributed by atoms with Crippen LogP contribution in [0.3, 0.4) is 0 Å². The van der Waals surface area contributed by atoms with E-state index in [1.54, 1.807) is 30.3 Å². The van der Waals surface area contributed by atoms with Crippen LogP contribution in [0.1, 0.15) is 18.1 Å². The predicted octanol–water partition coefficient (Wildman–Crippen LogP) is 3.86. The summed E-state index contributed by atoms with van der Waals surface area (Å²) in [6.07, 6.45) is 0. The molecule has 0 fully saturated rings. The first-order valence-corrected chi connectivity index (χ1v) is 10.1. The van der Waals surface area contributed by atoms with Gasteiger partial charge in [0.25, 0.3) is 0 Å². The average molecular weight is 429 g/mol. The number of hydrogen-bond acceptors (Lipinski definition) is 3. The van der Waals surface area contributed by atoms with E-state index in [4.69, 9.17) is 0 Å². The topological polar surface area (TPSA) is 40.6 Å². The van der Waals surface area contributed by atoms with Crippen LogP contribution >= 0.6 is 15.9 Å². The average Bonchev–Trinajstić information content (AvgIpc) is 2.57. The Morgan fingerprint density at radius 2 is 1.80 bits per heavy atom. The molecule has 0 aliphatic rings. The summed E-state index contributed by atoms with van der Waals surface area (Å²) in [5, 5.41) is 0. The quantitative estimate of drug-likeness (QED) is 0.671. The second-order valence-electron chi connectivity index (χ2n) is 5.97. The van der Waals surface area contributed by atoms with E-state index in [1.165, 1.54) is 24.5 Å². The fourth-order valence-electron chi connectivity index (χ4n) is 2.46. The molecule has 2 rings (SSSR count). The lowest BCUT2D eigenvalue weighted by molar-refractivity contribution is 0.267. The van der Waals surface area contributed by atoms with Crippen LogP contribution in [0.4, 0.5) is 4.39 Å². The van der Waals surface area contributed by atoms with Gasteiger partial charge < -0.3 is 0 Å². The van der Waals surface area contributed by atoms with Gasteiger partial charge in [0, 0.05) is 37.2 Å². The Kier molecular flexibility index (Phi) is 6.73. The third-order valence-corrected chi connectivity index (χ3v) is 6.24. The molecule has 0 heterocycles. The van der Waals surface area contributed by atoms with E-state index < -0.39 is 10.0 Å². The molecule has 0 spiro atoms. The van der Waals surface area contributed by atoms with Gasteiger partial charge in [-0.1, -0.05) is 35.0 Å². The molecule has 0 saturated carbocycles. The summed E-state index contributed by atoms with van der Waals surface area (Å²) >= 11 is 3.36. The maximum Gasteiger partial charge on any atom is 0.242 e. The van der Waals surface area contributed by atoms with E-state index in [-0.39, 0.29) is 10.7 Å². The van der Waals surface area contributed by atoms with Crippen LogP contribution < -0.4 is 0 Å². The molecule has 2 aromatic carbocycles. The van der Waals surface area contributed by atoms with Gasteiger partial charge in [0.15, 0.2) is 0 Å². The maximum absolute atomic E-state index is 14.0. The van der Waals surface area contributed by atoms with Gasteiger partial charge in [-0.25, -0.2) is 17.1 Å². The largest absolute Gasteiger partial charge is 0.295 e. The van der Waals surface area contributed by atoms with Crippen LogP contribution in [0, 0.1) is 5.82 Å². The molecule has 0 N–H and O–H groups in total. The van der Waals surface area contributed by atoms with Crippen molar-refractivity contribution in [1.82, 2.24) is 9.21 Å². The molecule has 0 aliphatic carbocycles. The zero-order valence-electron chi connectivity index (χ0n) is 14.5. The minimum atomic E-state index is -3.46. The minimum absolute atomic E-state index is 0.245. The maximum atomic E-state index is 14.0. The molecule has 0 aromatic heterocycles. The molecule has 7 heteroatoms. The van der Waals surface area contributed by atoms with Gasteiger partial charge in [-0.3, -0.25) is 4.90 Å². The van der Waals surface area contributed by atoms with Gasteiger partial charge >= 0.3 is 0 Å². The number of halogens is 2. The van der Waals surface area contributed by atoms with Crippen LogP contribution in [0.2, 0.25) is 0 Å². The Morgan fingerprint density at radius 3 is 2.44 bits per heavy atom. The van der Waals surface area contributed by atoms with Gasteiger partial charge in [-0.05, 0) is 42.4 Å². The SMILES string of the molecule is CCN(Cc1cccc(S(=O)(=O)N(C)C)c1)Cc1cc(Br)ccc1F. The summed E-state index contributed by atoms with van der Waals surface area (Å²) < 4.78 is 40.5. The summed E-state index contributed by atoms with van der Waals surface area (Å²) in [5.74, 6) is -0.245. The van der Waals surface area contributed by atoms with Crippen molar-refractivity contribution >= 4 is 26.0 Å². The summed E-state index contributed by atoms with van der Waals surface area (Å²) in [6, 6.07) is 11.8. The first-order valence-electron chi connectivity index (χ1n) is 7.91. The molecule has 0 atom stereocenters. The van der Waals surface area contributed by atoms with E-state index in [9.17, 15) is 12.8 Å². The van der Waals surface area contributed by atoms with E-state index in [2.05, 4.69) is 20.8 Å². The van der Waals surface area contributed by atoms with Crippen LogP contribution in [0.5, 0.6) is 0 Å². The highest BCUT2D eigenvalue weighted by atomic mass is 79.9. The summed E-state index contributed by atoms with van der Waals surface area (Å²) in [6.45, 7) is 3.71. The normalized spacial score (nSPS) is 12.1. The lowest BCUT2D eigenvalue weighted by atomic mass is 10.1. The molecule has 0 amide bonds. The van der Waals surface area contributed by atoms with Gasteiger partial charge in [-0.2, -0.15) is 0 Å². The number of rotatable bonds is 7. The molecule has 0 saturated heterocycles. The zero-order chi connectivity index (χ0) is 18.6. The highest BCUT2D eigenvalue weighted by Crippen LogP contribution is 2.20. The van der Waals surface area contributed by atoms with Gasteiger partial charge in [0.05, 0.1) is 4.90 Å². The summed E-state index contributed by atoms with van der Waals surface area (Å²) in [7, 11) is -0.444. The minimum Gasteiger partial charge on any atom is -0.295 e. The number of benzene rings is 2. The van der Waals surface area contributed by atoms with Gasteiger partial charge in [0.2, 0.25) is 10.0 Å². The molecular weight excluding hydrogens is 407 g/mol. The van der Waals surface area contributed by atoms with Crippen molar-refractivity contribution in [3.63, 3.8) is 0 Å². The van der Waals surface area contributed by atoms with Gasteiger partial charge in [-0.15, -0.1) is 0 Å². The lowest BCUT2D eigenvalue weighted by Gasteiger charge is -2.21. The number of hydrogen-bond donors (Lipinski definition) is 0. The van der Waals surface area contributed by atoms with E-state index in [0.717, 1.165) is 16.6 Å². The Hall–Kier alpha value is -1.28. The van der Waals surface area contributed by atoms with Crippen molar-refractivity contribution in [3.8, 4) is 0 Å². The molecule has 0 aliphatic heterocycles. The number of sulfonamides is 1. The molecule has 0 unspecified atom stereocenters. The summed E-state index contributed by atoms with van der Waals surface area (Å²) in [5.41, 5.74) is 1.48. The molecule has 25 heavy (non-hydrogen) atoms. The Balaban J connectivity index is 2.21. The molecule has 0 bridgehead atoms. The zero-order valence-corrected chi connectivity index (χ0v) is 16.9. The third-order valence-electron chi connectivity index (χ3n) is 3.93. The second kappa shape index (κ2) is 8.40. The fraction of sp³-hybridized carbons (Fsp3) is 0.333. The van der Waals surface area contributed by atoms with E-state index in [1.807, 2.05) is 13.0 Å². The van der Waals surface area contributed by atoms with Crippen LogP contribution in [-0.4, -0.2) is 38.3 Å². The van der Waals surface area contributed by atoms with Crippen molar-refractivity contribution in [1.29, 1.82) is 0 Å². The standard InChI is InChI=1S/C18H22BrFN2O2S/c1-4-22(13-15-11-16(19)8-9-18(15)20)12-14-6-5-7-17(10-14)25(23,24)21(2)3/h5-11H,4,12-13H2,1-3H3. The van der Waals surface area contributed by atoms with Crippen LogP contribution in [0.15, 0.2) is 51.8 Å².